The first kappa shape index (κ1) is 38.6. The molecule has 2 aromatic carbocycles. The van der Waals surface area contributed by atoms with Crippen LogP contribution in [0, 0.1) is 20.8 Å². The van der Waals surface area contributed by atoms with Crippen molar-refractivity contribution >= 4 is 68.7 Å². The number of fused-ring (bicyclic) bond motifs is 4. The second-order valence-corrected chi connectivity index (χ2v) is 17.0. The fourth-order valence-electron chi connectivity index (χ4n) is 7.55. The molecule has 2 aliphatic rings. The van der Waals surface area contributed by atoms with E-state index in [1.807, 2.05) is 47.5 Å². The molecule has 0 spiro atoms. The van der Waals surface area contributed by atoms with Crippen molar-refractivity contribution in [1.82, 2.24) is 39.4 Å². The number of hydrogen-bond donors (Lipinski definition) is 2. The van der Waals surface area contributed by atoms with E-state index in [1.54, 1.807) is 11.3 Å². The first-order chi connectivity index (χ1) is 27.5. The van der Waals surface area contributed by atoms with E-state index in [1.165, 1.54) is 16.2 Å². The van der Waals surface area contributed by atoms with E-state index in [0.29, 0.717) is 29.6 Å². The van der Waals surface area contributed by atoms with Crippen LogP contribution in [0.4, 0.5) is 0 Å². The lowest BCUT2D eigenvalue weighted by molar-refractivity contribution is -0.137. The number of rotatable bonds is 12. The highest BCUT2D eigenvalue weighted by atomic mass is 35.5. The maximum Gasteiger partial charge on any atom is 0.322 e. The average molecular weight is 824 g/mol. The number of aryl methyl sites for hydroxylation is 3. The molecule has 2 N–H and O–H groups in total. The molecule has 0 aliphatic carbocycles. The van der Waals surface area contributed by atoms with Gasteiger partial charge in [-0.1, -0.05) is 35.9 Å². The number of nitrogens with zero attached hydrogens (tertiary/aromatic N) is 8. The molecule has 4 aromatic heterocycles. The summed E-state index contributed by atoms with van der Waals surface area (Å²) in [4.78, 5) is 52.3. The third-order valence-corrected chi connectivity index (χ3v) is 13.1. The van der Waals surface area contributed by atoms with Crippen LogP contribution < -0.4 is 5.32 Å². The van der Waals surface area contributed by atoms with Gasteiger partial charge in [-0.15, -0.1) is 32.9 Å². The number of hydrogen-bond acceptors (Lipinski definition) is 10. The SMILES string of the molecule is Cc1sc2c(c1C)C(c1ccc(Cl)cc1)=N[C@@H](CC(=O)N1CCN(CCCn3ccc4ccc(-c5nc(CC(=O)NCC(=O)O)cs5)cc43)CC1)c1nnc(C)n1-2. The fraction of sp³-hybridized carbons (Fsp3) is 0.341. The van der Waals surface area contributed by atoms with Gasteiger partial charge >= 0.3 is 5.97 Å². The Bertz CT molecular complexity index is 2510. The quantitative estimate of drug-likeness (QED) is 0.147. The van der Waals surface area contributed by atoms with E-state index in [-0.39, 0.29) is 24.7 Å². The molecule has 1 fully saturated rings. The van der Waals surface area contributed by atoms with Crippen molar-refractivity contribution in [1.29, 1.82) is 0 Å². The Kier molecular flexibility index (Phi) is 11.1. The highest BCUT2D eigenvalue weighted by Gasteiger charge is 2.34. The lowest BCUT2D eigenvalue weighted by atomic mass is 9.99. The van der Waals surface area contributed by atoms with Crippen molar-refractivity contribution in [2.45, 2.75) is 52.6 Å². The maximum absolute atomic E-state index is 14.0. The zero-order chi connectivity index (χ0) is 39.8. The molecule has 8 rings (SSSR count). The second-order valence-electron chi connectivity index (χ2n) is 14.5. The number of carbonyl (C=O) groups excluding carboxylic acids is 2. The predicted molar refractivity (Wildman–Crippen MR) is 223 cm³/mol. The topological polar surface area (TPSA) is 151 Å². The molecule has 0 unspecified atom stereocenters. The minimum absolute atomic E-state index is 0.0333. The molecule has 13 nitrogen and oxygen atoms in total. The Balaban J connectivity index is 0.888. The number of thiophene rings is 1. The van der Waals surface area contributed by atoms with Crippen LogP contribution in [-0.4, -0.2) is 102 Å². The molecule has 0 bridgehead atoms. The Morgan fingerprint density at radius 2 is 1.74 bits per heavy atom. The summed E-state index contributed by atoms with van der Waals surface area (Å²) >= 11 is 9.44. The van der Waals surface area contributed by atoms with Crippen LogP contribution in [0.25, 0.3) is 26.5 Å². The number of aliphatic carboxylic acids is 1. The Labute approximate surface area is 342 Å². The van der Waals surface area contributed by atoms with Crippen LogP contribution >= 0.6 is 34.3 Å². The minimum atomic E-state index is -1.08. The standard InChI is InChI=1S/C41H42ClN9O4S2/c1-24-25(2)57-41-37(24)38(28-7-9-30(42)10-8-28)45-32(39-47-46-26(3)51(39)41)21-35(53)50-17-15-48(16-18-50)12-4-13-49-14-11-27-5-6-29(19-33(27)49)40-44-31(23-56-40)20-34(52)43-22-36(54)55/h5-11,14,19,23,32H,4,12-13,15-18,20-22H2,1-3H3,(H,43,52)(H,54,55)/t32-/m0/s1. The van der Waals surface area contributed by atoms with Crippen LogP contribution in [0.2, 0.25) is 5.02 Å². The number of amides is 2. The number of piperazine rings is 1. The van der Waals surface area contributed by atoms with Crippen LogP contribution in [-0.2, 0) is 27.3 Å². The average Bonchev–Trinajstić information content (AvgIpc) is 3.98. The van der Waals surface area contributed by atoms with Gasteiger partial charge in [0.15, 0.2) is 5.82 Å². The van der Waals surface area contributed by atoms with Gasteiger partial charge in [0, 0.05) is 76.4 Å². The maximum atomic E-state index is 14.0. The van der Waals surface area contributed by atoms with Crippen LogP contribution in [0.1, 0.15) is 57.8 Å². The number of carbonyl (C=O) groups is 3. The molecule has 57 heavy (non-hydrogen) atoms. The molecule has 6 aromatic rings. The minimum Gasteiger partial charge on any atom is -0.480 e. The molecule has 1 saturated heterocycles. The van der Waals surface area contributed by atoms with Gasteiger partial charge in [0.05, 0.1) is 24.2 Å². The summed E-state index contributed by atoms with van der Waals surface area (Å²) in [7, 11) is 0. The van der Waals surface area contributed by atoms with Crippen molar-refractivity contribution in [2.24, 2.45) is 4.99 Å². The monoisotopic (exact) mass is 823 g/mol. The summed E-state index contributed by atoms with van der Waals surface area (Å²) in [5, 5.41) is 25.7. The zero-order valence-electron chi connectivity index (χ0n) is 31.9. The molecule has 0 radical (unpaired) electrons. The molecule has 6 heterocycles. The molecular formula is C41H42ClN9O4S2. The predicted octanol–water partition coefficient (Wildman–Crippen LogP) is 6.25. The highest BCUT2D eigenvalue weighted by molar-refractivity contribution is 7.15. The smallest absolute Gasteiger partial charge is 0.322 e. The number of aromatic nitrogens is 5. The van der Waals surface area contributed by atoms with Crippen molar-refractivity contribution < 1.29 is 19.5 Å². The summed E-state index contributed by atoms with van der Waals surface area (Å²) in [6, 6.07) is 15.6. The van der Waals surface area contributed by atoms with E-state index in [9.17, 15) is 14.4 Å². The van der Waals surface area contributed by atoms with E-state index < -0.39 is 18.6 Å². The van der Waals surface area contributed by atoms with Crippen LogP contribution in [0.3, 0.4) is 0 Å². The van der Waals surface area contributed by atoms with Gasteiger partial charge in [-0.2, -0.15) is 0 Å². The summed E-state index contributed by atoms with van der Waals surface area (Å²) in [5.41, 5.74) is 6.70. The van der Waals surface area contributed by atoms with Gasteiger partial charge < -0.3 is 19.9 Å². The lowest BCUT2D eigenvalue weighted by Gasteiger charge is -2.35. The number of nitrogens with one attached hydrogen (secondary N) is 1. The van der Waals surface area contributed by atoms with Crippen LogP contribution in [0.5, 0.6) is 0 Å². The Hall–Kier alpha value is -5.22. The summed E-state index contributed by atoms with van der Waals surface area (Å²) in [6.45, 7) is 10.5. The van der Waals surface area contributed by atoms with Gasteiger partial charge in [0.1, 0.15) is 28.4 Å². The van der Waals surface area contributed by atoms with Gasteiger partial charge in [0.25, 0.3) is 0 Å². The fourth-order valence-corrected chi connectivity index (χ4v) is 9.70. The molecule has 2 aliphatic heterocycles. The number of carboxylic acids is 1. The largest absolute Gasteiger partial charge is 0.480 e. The zero-order valence-corrected chi connectivity index (χ0v) is 34.3. The Morgan fingerprint density at radius 1 is 0.965 bits per heavy atom. The lowest BCUT2D eigenvalue weighted by Crippen LogP contribution is -2.49. The van der Waals surface area contributed by atoms with Crippen molar-refractivity contribution in [3.8, 4) is 15.6 Å². The third kappa shape index (κ3) is 8.15. The molecule has 16 heteroatoms. The molecule has 2 amide bonds. The van der Waals surface area contributed by atoms with E-state index >= 15 is 0 Å². The van der Waals surface area contributed by atoms with Gasteiger partial charge in [-0.25, -0.2) is 4.98 Å². The molecule has 0 saturated carbocycles. The van der Waals surface area contributed by atoms with E-state index in [4.69, 9.17) is 21.7 Å². The van der Waals surface area contributed by atoms with E-state index in [0.717, 1.165) is 87.3 Å². The van der Waals surface area contributed by atoms with Gasteiger partial charge in [-0.3, -0.25) is 28.8 Å². The van der Waals surface area contributed by atoms with E-state index in [2.05, 4.69) is 72.8 Å². The molecular weight excluding hydrogens is 782 g/mol. The molecule has 294 valence electrons. The number of thiazole rings is 1. The third-order valence-electron chi connectivity index (χ3n) is 10.7. The first-order valence-electron chi connectivity index (χ1n) is 18.9. The van der Waals surface area contributed by atoms with Crippen LogP contribution in [0.15, 0.2) is 65.1 Å². The Morgan fingerprint density at radius 3 is 2.51 bits per heavy atom. The second kappa shape index (κ2) is 16.3. The number of halogens is 1. The number of carboxylic acid groups (broad SMARTS) is 1. The van der Waals surface area contributed by atoms with Crippen molar-refractivity contribution in [3.05, 3.63) is 104 Å². The van der Waals surface area contributed by atoms with Crippen molar-refractivity contribution in [2.75, 3.05) is 39.3 Å². The molecule has 1 atom stereocenters. The first-order valence-corrected chi connectivity index (χ1v) is 21.0. The van der Waals surface area contributed by atoms with Crippen molar-refractivity contribution in [3.63, 3.8) is 0 Å². The summed E-state index contributed by atoms with van der Waals surface area (Å²) in [6.07, 6.45) is 3.31. The number of benzene rings is 2. The normalized spacial score (nSPS) is 15.6. The highest BCUT2D eigenvalue weighted by Crippen LogP contribution is 2.40. The summed E-state index contributed by atoms with van der Waals surface area (Å²) < 4.78 is 4.35. The van der Waals surface area contributed by atoms with Gasteiger partial charge in [0.2, 0.25) is 11.8 Å². The van der Waals surface area contributed by atoms with Gasteiger partial charge in [-0.05, 0) is 69.0 Å². The summed E-state index contributed by atoms with van der Waals surface area (Å²) in [5.74, 6) is 0.0665. The number of aliphatic imine (C=N–C) groups is 1.